The summed E-state index contributed by atoms with van der Waals surface area (Å²) in [5.41, 5.74) is -0.105. The number of rotatable bonds is 6. The largest absolute Gasteiger partial charge is 0.481 e. The van der Waals surface area contributed by atoms with Crippen molar-refractivity contribution in [3.05, 3.63) is 26.9 Å². The monoisotopic (exact) mass is 317 g/mol. The molecule has 0 fully saturated rings. The predicted octanol–water partition coefficient (Wildman–Crippen LogP) is 2.27. The molecule has 0 bridgehead atoms. The number of nitrogens with one attached hydrogen (secondary N) is 1. The number of carbonyl (C=O) groups is 1. The Hall–Kier alpha value is -1.70. The normalized spacial score (nSPS) is 11.9. The highest BCUT2D eigenvalue weighted by Gasteiger charge is 2.12. The van der Waals surface area contributed by atoms with Gasteiger partial charge in [-0.15, -0.1) is 0 Å². The highest BCUT2D eigenvalue weighted by Crippen LogP contribution is 2.24. The predicted molar refractivity (Wildman–Crippen MR) is 68.5 cm³/mol. The first-order valence-electron chi connectivity index (χ1n) is 5.18. The van der Waals surface area contributed by atoms with Gasteiger partial charge in [-0.05, 0) is 22.4 Å². The number of anilines is 1. The molecule has 1 aromatic heterocycles. The van der Waals surface area contributed by atoms with Crippen LogP contribution in [0.5, 0.6) is 0 Å². The van der Waals surface area contributed by atoms with Crippen LogP contribution in [0.25, 0.3) is 0 Å². The van der Waals surface area contributed by atoms with Crippen LogP contribution in [0.4, 0.5) is 11.5 Å². The van der Waals surface area contributed by atoms with Gasteiger partial charge in [0, 0.05) is 12.6 Å². The molecule has 0 saturated carbocycles. The fourth-order valence-corrected chi connectivity index (χ4v) is 1.67. The van der Waals surface area contributed by atoms with Gasteiger partial charge in [-0.2, -0.15) is 0 Å². The Morgan fingerprint density at radius 2 is 2.39 bits per heavy atom. The van der Waals surface area contributed by atoms with Crippen molar-refractivity contribution in [3.63, 3.8) is 0 Å². The number of halogens is 1. The quantitative estimate of drug-likeness (QED) is 0.616. The molecule has 1 unspecified atom stereocenters. The zero-order chi connectivity index (χ0) is 13.7. The van der Waals surface area contributed by atoms with E-state index in [1.54, 1.807) is 6.92 Å². The van der Waals surface area contributed by atoms with Crippen LogP contribution in [0, 0.1) is 16.0 Å². The maximum Gasteiger partial charge on any atom is 0.306 e. The van der Waals surface area contributed by atoms with Crippen LogP contribution in [0.2, 0.25) is 0 Å². The second-order valence-electron chi connectivity index (χ2n) is 3.74. The third-order valence-electron chi connectivity index (χ3n) is 2.33. The number of carboxylic acids is 1. The van der Waals surface area contributed by atoms with Gasteiger partial charge in [-0.25, -0.2) is 4.98 Å². The number of aromatic nitrogens is 1. The number of hydrogen-bond donors (Lipinski definition) is 2. The summed E-state index contributed by atoms with van der Waals surface area (Å²) in [5, 5.41) is 22.1. The van der Waals surface area contributed by atoms with Gasteiger partial charge in [0.15, 0.2) is 0 Å². The van der Waals surface area contributed by atoms with Crippen LogP contribution in [0.1, 0.15) is 13.3 Å². The van der Waals surface area contributed by atoms with Gasteiger partial charge in [0.25, 0.3) is 5.69 Å². The molecule has 8 heteroatoms. The molecule has 98 valence electrons. The average molecular weight is 318 g/mol. The van der Waals surface area contributed by atoms with Crippen molar-refractivity contribution in [2.45, 2.75) is 13.3 Å². The second kappa shape index (κ2) is 6.29. The summed E-state index contributed by atoms with van der Waals surface area (Å²) in [5.74, 6) is -0.847. The third kappa shape index (κ3) is 3.95. The van der Waals surface area contributed by atoms with E-state index in [1.165, 1.54) is 6.07 Å². The maximum absolute atomic E-state index is 10.6. The molecule has 18 heavy (non-hydrogen) atoms. The van der Waals surface area contributed by atoms with Crippen LogP contribution in [0.15, 0.2) is 16.7 Å². The van der Waals surface area contributed by atoms with Gasteiger partial charge in [0.2, 0.25) is 0 Å². The molecule has 1 atom stereocenters. The number of nitrogens with zero attached hydrogens (tertiary/aromatic N) is 2. The molecule has 7 nitrogen and oxygen atoms in total. The first-order chi connectivity index (χ1) is 8.41. The van der Waals surface area contributed by atoms with E-state index >= 15 is 0 Å². The zero-order valence-corrected chi connectivity index (χ0v) is 11.2. The summed E-state index contributed by atoms with van der Waals surface area (Å²) >= 11 is 3.17. The number of pyridine rings is 1. The Bertz CT molecular complexity index is 466. The van der Waals surface area contributed by atoms with E-state index in [2.05, 4.69) is 26.2 Å². The first-order valence-corrected chi connectivity index (χ1v) is 5.97. The van der Waals surface area contributed by atoms with Crippen molar-refractivity contribution >= 4 is 33.4 Å². The summed E-state index contributed by atoms with van der Waals surface area (Å²) < 4.78 is 0.472. The van der Waals surface area contributed by atoms with Crippen molar-refractivity contribution in [1.82, 2.24) is 4.98 Å². The molecule has 2 N–H and O–H groups in total. The molecule has 0 spiro atoms. The SMILES string of the molecule is CC(CCNc1ncc([N+](=O)[O-])cc1Br)C(=O)O. The standard InChI is InChI=1S/C10H12BrN3O4/c1-6(10(15)16)2-3-12-9-8(11)4-7(5-13-9)14(17)18/h4-6H,2-3H2,1H3,(H,12,13)(H,15,16). The topological polar surface area (TPSA) is 105 Å². The minimum Gasteiger partial charge on any atom is -0.481 e. The molecule has 1 heterocycles. The molecule has 0 aliphatic carbocycles. The lowest BCUT2D eigenvalue weighted by Gasteiger charge is -2.09. The Morgan fingerprint density at radius 3 is 2.89 bits per heavy atom. The highest BCUT2D eigenvalue weighted by molar-refractivity contribution is 9.10. The van der Waals surface area contributed by atoms with E-state index in [9.17, 15) is 14.9 Å². The number of carboxylic acid groups (broad SMARTS) is 1. The van der Waals surface area contributed by atoms with Gasteiger partial charge in [0.05, 0.1) is 15.3 Å². The van der Waals surface area contributed by atoms with Crippen molar-refractivity contribution in [3.8, 4) is 0 Å². The van der Waals surface area contributed by atoms with Crippen LogP contribution in [-0.4, -0.2) is 27.5 Å². The van der Waals surface area contributed by atoms with Crippen molar-refractivity contribution in [2.75, 3.05) is 11.9 Å². The smallest absolute Gasteiger partial charge is 0.306 e. The van der Waals surface area contributed by atoms with Crippen molar-refractivity contribution in [1.29, 1.82) is 0 Å². The number of nitro groups is 1. The van der Waals surface area contributed by atoms with E-state index in [0.29, 0.717) is 23.3 Å². The molecule has 1 rings (SSSR count). The van der Waals surface area contributed by atoms with Crippen LogP contribution < -0.4 is 5.32 Å². The third-order valence-corrected chi connectivity index (χ3v) is 2.93. The van der Waals surface area contributed by atoms with Crippen molar-refractivity contribution in [2.24, 2.45) is 5.92 Å². The fraction of sp³-hybridized carbons (Fsp3) is 0.400. The molecule has 0 amide bonds. The van der Waals surface area contributed by atoms with Crippen LogP contribution in [0.3, 0.4) is 0 Å². The van der Waals surface area contributed by atoms with Gasteiger partial charge in [-0.1, -0.05) is 6.92 Å². The lowest BCUT2D eigenvalue weighted by Crippen LogP contribution is -2.15. The molecule has 0 aromatic carbocycles. The Balaban J connectivity index is 2.58. The lowest BCUT2D eigenvalue weighted by molar-refractivity contribution is -0.385. The minimum atomic E-state index is -0.854. The molecule has 0 aliphatic rings. The summed E-state index contributed by atoms with van der Waals surface area (Å²) in [6, 6.07) is 1.34. The molecule has 0 aliphatic heterocycles. The van der Waals surface area contributed by atoms with E-state index in [0.717, 1.165) is 6.20 Å². The van der Waals surface area contributed by atoms with Gasteiger partial charge in [-0.3, -0.25) is 14.9 Å². The maximum atomic E-state index is 10.6. The van der Waals surface area contributed by atoms with E-state index in [1.807, 2.05) is 0 Å². The summed E-state index contributed by atoms with van der Waals surface area (Å²) in [4.78, 5) is 24.5. The van der Waals surface area contributed by atoms with Gasteiger partial charge in [0.1, 0.15) is 12.0 Å². The molecular formula is C10H12BrN3O4. The van der Waals surface area contributed by atoms with Gasteiger partial charge >= 0.3 is 5.97 Å². The van der Waals surface area contributed by atoms with E-state index in [4.69, 9.17) is 5.11 Å². The number of hydrogen-bond acceptors (Lipinski definition) is 5. The van der Waals surface area contributed by atoms with E-state index < -0.39 is 16.8 Å². The lowest BCUT2D eigenvalue weighted by atomic mass is 10.1. The second-order valence-corrected chi connectivity index (χ2v) is 4.59. The molecular weight excluding hydrogens is 306 g/mol. The number of aliphatic carboxylic acids is 1. The highest BCUT2D eigenvalue weighted by atomic mass is 79.9. The van der Waals surface area contributed by atoms with Crippen LogP contribution in [-0.2, 0) is 4.79 Å². The Labute approximate surface area is 112 Å². The first kappa shape index (κ1) is 14.4. The minimum absolute atomic E-state index is 0.105. The molecule has 1 aromatic rings. The zero-order valence-electron chi connectivity index (χ0n) is 9.59. The van der Waals surface area contributed by atoms with Crippen molar-refractivity contribution < 1.29 is 14.8 Å². The van der Waals surface area contributed by atoms with E-state index in [-0.39, 0.29) is 5.69 Å². The summed E-state index contributed by atoms with van der Waals surface area (Å²) in [7, 11) is 0. The average Bonchev–Trinajstić information content (AvgIpc) is 2.30. The molecule has 0 radical (unpaired) electrons. The summed E-state index contributed by atoms with van der Waals surface area (Å²) in [6.45, 7) is 2.04. The fourth-order valence-electron chi connectivity index (χ4n) is 1.19. The Kier molecular flexibility index (Phi) is 5.02. The van der Waals surface area contributed by atoms with Gasteiger partial charge < -0.3 is 10.4 Å². The molecule has 0 saturated heterocycles. The summed E-state index contributed by atoms with van der Waals surface area (Å²) in [6.07, 6.45) is 1.59. The Morgan fingerprint density at radius 1 is 1.72 bits per heavy atom. The van der Waals surface area contributed by atoms with Crippen LogP contribution >= 0.6 is 15.9 Å².